The second kappa shape index (κ2) is 6.16. The third-order valence-corrected chi connectivity index (χ3v) is 2.38. The summed E-state index contributed by atoms with van der Waals surface area (Å²) in [6, 6.07) is 0. The van der Waals surface area contributed by atoms with E-state index in [1.165, 1.54) is 6.33 Å². The zero-order chi connectivity index (χ0) is 11.1. The summed E-state index contributed by atoms with van der Waals surface area (Å²) in [6.45, 7) is 4.78. The molecule has 1 unspecified atom stereocenters. The Labute approximate surface area is 89.7 Å². The molecule has 0 saturated carbocycles. The molecule has 15 heavy (non-hydrogen) atoms. The van der Waals surface area contributed by atoms with Gasteiger partial charge in [0.1, 0.15) is 12.2 Å². The van der Waals surface area contributed by atoms with Crippen LogP contribution in [-0.2, 0) is 11.2 Å². The Morgan fingerprint density at radius 2 is 2.47 bits per heavy atom. The zero-order valence-corrected chi connectivity index (χ0v) is 9.29. The van der Waals surface area contributed by atoms with Gasteiger partial charge in [-0.05, 0) is 5.92 Å². The van der Waals surface area contributed by atoms with E-state index in [2.05, 4.69) is 34.3 Å². The number of rotatable bonds is 6. The minimum Gasteiger partial charge on any atom is -0.356 e. The molecule has 5 nitrogen and oxygen atoms in total. The van der Waals surface area contributed by atoms with Crippen LogP contribution in [0.4, 0.5) is 0 Å². The van der Waals surface area contributed by atoms with Crippen molar-refractivity contribution in [1.29, 1.82) is 0 Å². The van der Waals surface area contributed by atoms with E-state index in [9.17, 15) is 4.79 Å². The van der Waals surface area contributed by atoms with Gasteiger partial charge in [0.25, 0.3) is 0 Å². The third-order valence-electron chi connectivity index (χ3n) is 2.38. The number of nitrogens with one attached hydrogen (secondary N) is 2. The van der Waals surface area contributed by atoms with Crippen molar-refractivity contribution in [2.24, 2.45) is 5.92 Å². The van der Waals surface area contributed by atoms with Gasteiger partial charge < -0.3 is 5.32 Å². The summed E-state index contributed by atoms with van der Waals surface area (Å²) < 4.78 is 0. The van der Waals surface area contributed by atoms with Crippen LogP contribution in [0.1, 0.15) is 32.5 Å². The van der Waals surface area contributed by atoms with Gasteiger partial charge >= 0.3 is 0 Å². The van der Waals surface area contributed by atoms with Crippen LogP contribution in [-0.4, -0.2) is 27.6 Å². The van der Waals surface area contributed by atoms with Crippen molar-refractivity contribution in [3.05, 3.63) is 12.2 Å². The number of amides is 1. The maximum atomic E-state index is 11.4. The monoisotopic (exact) mass is 210 g/mol. The molecule has 0 bridgehead atoms. The first-order chi connectivity index (χ1) is 7.22. The highest BCUT2D eigenvalue weighted by Gasteiger charge is 2.06. The Hall–Kier alpha value is -1.39. The molecule has 0 aliphatic heterocycles. The van der Waals surface area contributed by atoms with Crippen molar-refractivity contribution >= 4 is 5.91 Å². The van der Waals surface area contributed by atoms with Crippen LogP contribution in [0.5, 0.6) is 0 Å². The summed E-state index contributed by atoms with van der Waals surface area (Å²) >= 11 is 0. The van der Waals surface area contributed by atoms with Crippen molar-refractivity contribution in [3.63, 3.8) is 0 Å². The number of carbonyl (C=O) groups excluding carboxylic acids is 1. The fourth-order valence-electron chi connectivity index (χ4n) is 1.20. The average molecular weight is 210 g/mol. The second-order valence-corrected chi connectivity index (χ2v) is 3.75. The van der Waals surface area contributed by atoms with E-state index < -0.39 is 0 Å². The Morgan fingerprint density at radius 3 is 3.07 bits per heavy atom. The molecule has 1 aromatic rings. The van der Waals surface area contributed by atoms with Crippen LogP contribution in [0, 0.1) is 5.92 Å². The van der Waals surface area contributed by atoms with Crippen molar-refractivity contribution in [3.8, 4) is 0 Å². The highest BCUT2D eigenvalue weighted by Crippen LogP contribution is 2.05. The molecular weight excluding hydrogens is 192 g/mol. The summed E-state index contributed by atoms with van der Waals surface area (Å²) in [6.07, 6.45) is 3.81. The number of nitrogens with zero attached hydrogens (tertiary/aromatic N) is 2. The fourth-order valence-corrected chi connectivity index (χ4v) is 1.20. The summed E-state index contributed by atoms with van der Waals surface area (Å²) in [5, 5.41) is 9.34. The SMILES string of the molecule is CCC(C)CC(=O)NCCc1ncn[nH]1. The van der Waals surface area contributed by atoms with Crippen LogP contribution in [0.2, 0.25) is 0 Å². The molecule has 0 aliphatic rings. The van der Waals surface area contributed by atoms with Gasteiger partial charge in [-0.1, -0.05) is 20.3 Å². The van der Waals surface area contributed by atoms with E-state index in [1.807, 2.05) is 0 Å². The lowest BCUT2D eigenvalue weighted by Crippen LogP contribution is -2.27. The largest absolute Gasteiger partial charge is 0.356 e. The van der Waals surface area contributed by atoms with Crippen LogP contribution < -0.4 is 5.32 Å². The standard InChI is InChI=1S/C10H18N4O/c1-3-8(2)6-10(15)11-5-4-9-12-7-13-14-9/h7-8H,3-6H2,1-2H3,(H,11,15)(H,12,13,14). The summed E-state index contributed by atoms with van der Waals surface area (Å²) in [7, 11) is 0. The van der Waals surface area contributed by atoms with Crippen molar-refractivity contribution < 1.29 is 4.79 Å². The lowest BCUT2D eigenvalue weighted by atomic mass is 10.1. The average Bonchev–Trinajstić information content (AvgIpc) is 2.70. The molecule has 5 heteroatoms. The molecule has 0 saturated heterocycles. The zero-order valence-electron chi connectivity index (χ0n) is 9.29. The number of hydrogen-bond donors (Lipinski definition) is 2. The summed E-state index contributed by atoms with van der Waals surface area (Å²) in [5.74, 6) is 1.37. The van der Waals surface area contributed by atoms with E-state index in [1.54, 1.807) is 0 Å². The van der Waals surface area contributed by atoms with E-state index in [-0.39, 0.29) is 5.91 Å². The molecule has 0 fully saturated rings. The van der Waals surface area contributed by atoms with E-state index in [0.29, 0.717) is 25.3 Å². The number of aromatic amines is 1. The summed E-state index contributed by atoms with van der Waals surface area (Å²) in [5.41, 5.74) is 0. The molecule has 1 amide bonds. The van der Waals surface area contributed by atoms with Crippen LogP contribution in [0.15, 0.2) is 6.33 Å². The normalized spacial score (nSPS) is 12.4. The molecule has 84 valence electrons. The molecule has 1 heterocycles. The predicted octanol–water partition coefficient (Wildman–Crippen LogP) is 0.900. The first-order valence-corrected chi connectivity index (χ1v) is 5.33. The Kier molecular flexibility index (Phi) is 4.80. The molecule has 0 aliphatic carbocycles. The maximum absolute atomic E-state index is 11.4. The van der Waals surface area contributed by atoms with Gasteiger partial charge in [0.15, 0.2) is 0 Å². The number of carbonyl (C=O) groups is 1. The lowest BCUT2D eigenvalue weighted by Gasteiger charge is -2.08. The highest BCUT2D eigenvalue weighted by molar-refractivity contribution is 5.76. The summed E-state index contributed by atoms with van der Waals surface area (Å²) in [4.78, 5) is 15.4. The third kappa shape index (κ3) is 4.58. The quantitative estimate of drug-likeness (QED) is 0.732. The van der Waals surface area contributed by atoms with Gasteiger partial charge in [-0.25, -0.2) is 4.98 Å². The molecule has 2 N–H and O–H groups in total. The van der Waals surface area contributed by atoms with Crippen molar-refractivity contribution in [2.45, 2.75) is 33.1 Å². The lowest BCUT2D eigenvalue weighted by molar-refractivity contribution is -0.121. The van der Waals surface area contributed by atoms with E-state index in [0.717, 1.165) is 12.2 Å². The van der Waals surface area contributed by atoms with Gasteiger partial charge in [-0.2, -0.15) is 5.10 Å². The molecule has 0 aromatic carbocycles. The smallest absolute Gasteiger partial charge is 0.220 e. The first kappa shape index (κ1) is 11.7. The van der Waals surface area contributed by atoms with E-state index in [4.69, 9.17) is 0 Å². The maximum Gasteiger partial charge on any atom is 0.220 e. The van der Waals surface area contributed by atoms with E-state index >= 15 is 0 Å². The Morgan fingerprint density at radius 1 is 1.67 bits per heavy atom. The minimum absolute atomic E-state index is 0.115. The molecule has 1 rings (SSSR count). The predicted molar refractivity (Wildman–Crippen MR) is 57.2 cm³/mol. The Balaban J connectivity index is 2.12. The highest BCUT2D eigenvalue weighted by atomic mass is 16.1. The molecule has 0 radical (unpaired) electrons. The molecule has 1 atom stereocenters. The van der Waals surface area contributed by atoms with Gasteiger partial charge in [-0.3, -0.25) is 9.89 Å². The minimum atomic E-state index is 0.115. The van der Waals surface area contributed by atoms with Crippen molar-refractivity contribution in [1.82, 2.24) is 20.5 Å². The fraction of sp³-hybridized carbons (Fsp3) is 0.700. The molecular formula is C10H18N4O. The number of aromatic nitrogens is 3. The van der Waals surface area contributed by atoms with Crippen LogP contribution >= 0.6 is 0 Å². The van der Waals surface area contributed by atoms with Gasteiger partial charge in [-0.15, -0.1) is 0 Å². The number of H-pyrrole nitrogens is 1. The van der Waals surface area contributed by atoms with Crippen LogP contribution in [0.3, 0.4) is 0 Å². The number of hydrogen-bond acceptors (Lipinski definition) is 3. The van der Waals surface area contributed by atoms with Gasteiger partial charge in [0.2, 0.25) is 5.91 Å². The Bertz CT molecular complexity index is 284. The van der Waals surface area contributed by atoms with Crippen LogP contribution in [0.25, 0.3) is 0 Å². The molecule has 1 aromatic heterocycles. The topological polar surface area (TPSA) is 70.7 Å². The van der Waals surface area contributed by atoms with Gasteiger partial charge in [0.05, 0.1) is 0 Å². The second-order valence-electron chi connectivity index (χ2n) is 3.75. The van der Waals surface area contributed by atoms with Gasteiger partial charge in [0, 0.05) is 19.4 Å². The molecule has 0 spiro atoms. The van der Waals surface area contributed by atoms with Crippen molar-refractivity contribution in [2.75, 3.05) is 6.54 Å². The first-order valence-electron chi connectivity index (χ1n) is 5.33.